The number of ether oxygens (including phenoxy) is 1. The monoisotopic (exact) mass is 240 g/mol. The largest absolute Gasteiger partial charge is 0.462 e. The van der Waals surface area contributed by atoms with E-state index in [1.807, 2.05) is 18.4 Å². The minimum Gasteiger partial charge on any atom is -0.462 e. The van der Waals surface area contributed by atoms with Crippen LogP contribution in [0.1, 0.15) is 55.3 Å². The summed E-state index contributed by atoms with van der Waals surface area (Å²) in [6, 6.07) is 2.05. The van der Waals surface area contributed by atoms with Crippen LogP contribution in [0.3, 0.4) is 0 Å². The summed E-state index contributed by atoms with van der Waals surface area (Å²) in [6.45, 7) is 8.85. The summed E-state index contributed by atoms with van der Waals surface area (Å²) < 4.78 is 5.05. The van der Waals surface area contributed by atoms with Gasteiger partial charge in [-0.05, 0) is 42.2 Å². The van der Waals surface area contributed by atoms with Gasteiger partial charge in [0.2, 0.25) is 0 Å². The quantitative estimate of drug-likeness (QED) is 0.725. The van der Waals surface area contributed by atoms with Crippen LogP contribution >= 0.6 is 11.3 Å². The molecular formula is C13H20O2S. The summed E-state index contributed by atoms with van der Waals surface area (Å²) in [5.41, 5.74) is 1.14. The van der Waals surface area contributed by atoms with Crippen LogP contribution in [0.2, 0.25) is 0 Å². The van der Waals surface area contributed by atoms with E-state index in [9.17, 15) is 4.79 Å². The fraction of sp³-hybridized carbons (Fsp3) is 0.615. The Kier molecular flexibility index (Phi) is 5.00. The Morgan fingerprint density at radius 2 is 2.12 bits per heavy atom. The highest BCUT2D eigenvalue weighted by molar-refractivity contribution is 7.12. The average molecular weight is 240 g/mol. The van der Waals surface area contributed by atoms with Crippen LogP contribution in [0, 0.1) is 5.92 Å². The topological polar surface area (TPSA) is 26.3 Å². The number of esters is 1. The van der Waals surface area contributed by atoms with Gasteiger partial charge in [0.1, 0.15) is 4.88 Å². The summed E-state index contributed by atoms with van der Waals surface area (Å²) in [7, 11) is 0. The number of hydrogen-bond acceptors (Lipinski definition) is 3. The summed E-state index contributed by atoms with van der Waals surface area (Å²) in [5.74, 6) is 0.888. The van der Waals surface area contributed by atoms with E-state index in [1.165, 1.54) is 11.3 Å². The fourth-order valence-electron chi connectivity index (χ4n) is 1.90. The fourth-order valence-corrected chi connectivity index (χ4v) is 2.82. The SMILES string of the molecule is CCOC(=O)c1sccc1C(C)CC(C)C. The van der Waals surface area contributed by atoms with Crippen LogP contribution < -0.4 is 0 Å². The van der Waals surface area contributed by atoms with Gasteiger partial charge in [-0.15, -0.1) is 11.3 Å². The zero-order chi connectivity index (χ0) is 12.1. The van der Waals surface area contributed by atoms with Crippen molar-refractivity contribution in [3.8, 4) is 0 Å². The van der Waals surface area contributed by atoms with Crippen LogP contribution in [0.4, 0.5) is 0 Å². The zero-order valence-corrected chi connectivity index (χ0v) is 11.3. The third kappa shape index (κ3) is 3.34. The van der Waals surface area contributed by atoms with Crippen LogP contribution in [-0.2, 0) is 4.74 Å². The zero-order valence-electron chi connectivity index (χ0n) is 10.4. The van der Waals surface area contributed by atoms with E-state index in [-0.39, 0.29) is 5.97 Å². The number of thiophene rings is 1. The van der Waals surface area contributed by atoms with E-state index >= 15 is 0 Å². The molecule has 1 aromatic rings. The lowest BCUT2D eigenvalue weighted by atomic mass is 9.92. The summed E-state index contributed by atoms with van der Waals surface area (Å²) in [5, 5.41) is 1.97. The molecule has 1 heterocycles. The summed E-state index contributed by atoms with van der Waals surface area (Å²) in [4.78, 5) is 12.5. The van der Waals surface area contributed by atoms with Crippen LogP contribution in [0.15, 0.2) is 11.4 Å². The van der Waals surface area contributed by atoms with Gasteiger partial charge in [-0.3, -0.25) is 0 Å². The molecule has 90 valence electrons. The Hall–Kier alpha value is -0.830. The van der Waals surface area contributed by atoms with Crippen molar-refractivity contribution >= 4 is 17.3 Å². The lowest BCUT2D eigenvalue weighted by Crippen LogP contribution is -2.07. The van der Waals surface area contributed by atoms with E-state index in [2.05, 4.69) is 20.8 Å². The van der Waals surface area contributed by atoms with E-state index in [1.54, 1.807) is 0 Å². The van der Waals surface area contributed by atoms with Crippen molar-refractivity contribution in [2.75, 3.05) is 6.61 Å². The van der Waals surface area contributed by atoms with Gasteiger partial charge >= 0.3 is 5.97 Å². The van der Waals surface area contributed by atoms with Crippen molar-refractivity contribution in [1.29, 1.82) is 0 Å². The van der Waals surface area contributed by atoms with Gasteiger partial charge in [0.05, 0.1) is 6.61 Å². The van der Waals surface area contributed by atoms with Gasteiger partial charge in [-0.2, -0.15) is 0 Å². The van der Waals surface area contributed by atoms with Gasteiger partial charge in [-0.25, -0.2) is 4.79 Å². The maximum atomic E-state index is 11.7. The number of carbonyl (C=O) groups excluding carboxylic acids is 1. The Morgan fingerprint density at radius 3 is 2.69 bits per heavy atom. The standard InChI is InChI=1S/C13H20O2S/c1-5-15-13(14)12-11(6-7-16-12)10(4)8-9(2)3/h6-7,9-10H,5,8H2,1-4H3. The van der Waals surface area contributed by atoms with E-state index < -0.39 is 0 Å². The van der Waals surface area contributed by atoms with Crippen LogP contribution in [-0.4, -0.2) is 12.6 Å². The van der Waals surface area contributed by atoms with Crippen LogP contribution in [0.5, 0.6) is 0 Å². The molecule has 1 unspecified atom stereocenters. The Labute approximate surface area is 102 Å². The maximum absolute atomic E-state index is 11.7. The highest BCUT2D eigenvalue weighted by Crippen LogP contribution is 2.30. The number of carbonyl (C=O) groups is 1. The second-order valence-electron chi connectivity index (χ2n) is 4.46. The Morgan fingerprint density at radius 1 is 1.44 bits per heavy atom. The molecule has 0 bridgehead atoms. The van der Waals surface area contributed by atoms with Crippen molar-refractivity contribution in [2.24, 2.45) is 5.92 Å². The Balaban J connectivity index is 2.81. The van der Waals surface area contributed by atoms with Crippen molar-refractivity contribution < 1.29 is 9.53 Å². The molecule has 2 nitrogen and oxygen atoms in total. The molecule has 1 rings (SSSR count). The predicted molar refractivity (Wildman–Crippen MR) is 68.1 cm³/mol. The molecule has 1 aromatic heterocycles. The third-order valence-electron chi connectivity index (χ3n) is 2.51. The lowest BCUT2D eigenvalue weighted by Gasteiger charge is -2.14. The minimum atomic E-state index is -0.178. The molecule has 0 aliphatic carbocycles. The smallest absolute Gasteiger partial charge is 0.348 e. The first-order chi connectivity index (χ1) is 7.56. The van der Waals surface area contributed by atoms with Gasteiger partial charge < -0.3 is 4.74 Å². The van der Waals surface area contributed by atoms with E-state index in [0.29, 0.717) is 18.4 Å². The molecule has 0 aliphatic heterocycles. The molecule has 1 atom stereocenters. The molecule has 0 amide bonds. The number of hydrogen-bond donors (Lipinski definition) is 0. The highest BCUT2D eigenvalue weighted by Gasteiger charge is 2.19. The predicted octanol–water partition coefficient (Wildman–Crippen LogP) is 4.07. The van der Waals surface area contributed by atoms with Gasteiger partial charge in [0.25, 0.3) is 0 Å². The molecule has 16 heavy (non-hydrogen) atoms. The van der Waals surface area contributed by atoms with Crippen molar-refractivity contribution in [2.45, 2.75) is 40.0 Å². The molecule has 0 N–H and O–H groups in total. The average Bonchev–Trinajstić information content (AvgIpc) is 2.65. The number of rotatable bonds is 5. The highest BCUT2D eigenvalue weighted by atomic mass is 32.1. The van der Waals surface area contributed by atoms with Crippen molar-refractivity contribution in [1.82, 2.24) is 0 Å². The second-order valence-corrected chi connectivity index (χ2v) is 5.37. The third-order valence-corrected chi connectivity index (χ3v) is 3.42. The van der Waals surface area contributed by atoms with Gasteiger partial charge in [0.15, 0.2) is 0 Å². The molecule has 0 fully saturated rings. The minimum absolute atomic E-state index is 0.178. The first-order valence-electron chi connectivity index (χ1n) is 5.80. The van der Waals surface area contributed by atoms with Crippen molar-refractivity contribution in [3.63, 3.8) is 0 Å². The molecule has 0 radical (unpaired) electrons. The van der Waals surface area contributed by atoms with Gasteiger partial charge in [0, 0.05) is 0 Å². The molecule has 0 aromatic carbocycles. The first kappa shape index (κ1) is 13.2. The summed E-state index contributed by atoms with van der Waals surface area (Å²) >= 11 is 1.48. The molecule has 3 heteroatoms. The molecule has 0 spiro atoms. The van der Waals surface area contributed by atoms with E-state index in [4.69, 9.17) is 4.74 Å². The van der Waals surface area contributed by atoms with Crippen molar-refractivity contribution in [3.05, 3.63) is 21.9 Å². The Bertz CT molecular complexity index is 341. The van der Waals surface area contributed by atoms with E-state index in [0.717, 1.165) is 16.9 Å². The van der Waals surface area contributed by atoms with Crippen LogP contribution in [0.25, 0.3) is 0 Å². The molecule has 0 saturated carbocycles. The summed E-state index contributed by atoms with van der Waals surface area (Å²) in [6.07, 6.45) is 1.10. The maximum Gasteiger partial charge on any atom is 0.348 e. The lowest BCUT2D eigenvalue weighted by molar-refractivity contribution is 0.0530. The molecule has 0 saturated heterocycles. The second kappa shape index (κ2) is 6.04. The molecular weight excluding hydrogens is 220 g/mol. The van der Waals surface area contributed by atoms with Gasteiger partial charge in [-0.1, -0.05) is 20.8 Å². The first-order valence-corrected chi connectivity index (χ1v) is 6.68. The molecule has 0 aliphatic rings. The normalized spacial score (nSPS) is 12.8.